The molecule has 7 heteroatoms. The first-order chi connectivity index (χ1) is 8.12. The number of aryl methyl sites for hydroxylation is 1. The van der Waals surface area contributed by atoms with E-state index in [-0.39, 0.29) is 11.1 Å². The summed E-state index contributed by atoms with van der Waals surface area (Å²) >= 11 is 0. The molecule has 0 aliphatic carbocycles. The monoisotopic (exact) mass is 263 g/mol. The molecule has 1 aromatic carbocycles. The van der Waals surface area contributed by atoms with Gasteiger partial charge in [0, 0.05) is 0 Å². The molecule has 0 spiro atoms. The van der Waals surface area contributed by atoms with Gasteiger partial charge in [-0.25, -0.2) is 0 Å². The number of hydrogen-bond acceptors (Lipinski definition) is 3. The largest absolute Gasteiger partial charge is 0.416 e. The summed E-state index contributed by atoms with van der Waals surface area (Å²) in [7, 11) is 0. The van der Waals surface area contributed by atoms with E-state index in [1.165, 1.54) is 13.0 Å². The predicted molar refractivity (Wildman–Crippen MR) is 56.3 cm³/mol. The number of aliphatic hydroxyl groups excluding tert-OH is 2. The molecule has 0 heterocycles. The predicted octanol–water partition coefficient (Wildman–Crippen LogP) is 0.893. The minimum Gasteiger partial charge on any atom is -0.385 e. The van der Waals surface area contributed by atoms with Gasteiger partial charge in [0.2, 0.25) is 5.91 Å². The van der Waals surface area contributed by atoms with Gasteiger partial charge >= 0.3 is 6.18 Å². The van der Waals surface area contributed by atoms with Gasteiger partial charge in [0.25, 0.3) is 0 Å². The smallest absolute Gasteiger partial charge is 0.385 e. The number of carbonyl (C=O) groups excluding carboxylic acids is 1. The van der Waals surface area contributed by atoms with Crippen molar-refractivity contribution in [2.24, 2.45) is 5.73 Å². The first-order valence-electron chi connectivity index (χ1n) is 4.97. The van der Waals surface area contributed by atoms with Crippen LogP contribution in [0.1, 0.15) is 22.8 Å². The van der Waals surface area contributed by atoms with Gasteiger partial charge in [-0.1, -0.05) is 11.6 Å². The average Bonchev–Trinajstić information content (AvgIpc) is 2.24. The summed E-state index contributed by atoms with van der Waals surface area (Å²) in [5.41, 5.74) is 3.83. The fourth-order valence-electron chi connectivity index (χ4n) is 1.49. The van der Waals surface area contributed by atoms with Crippen molar-refractivity contribution in [3.05, 3.63) is 34.9 Å². The van der Waals surface area contributed by atoms with E-state index in [9.17, 15) is 28.2 Å². The summed E-state index contributed by atoms with van der Waals surface area (Å²) in [5, 5.41) is 18.8. The maximum atomic E-state index is 12.5. The van der Waals surface area contributed by atoms with Crippen LogP contribution >= 0.6 is 0 Å². The number of alkyl halides is 3. The number of hydrogen-bond donors (Lipinski definition) is 3. The Hall–Kier alpha value is -1.60. The first kappa shape index (κ1) is 14.5. The third kappa shape index (κ3) is 3.21. The lowest BCUT2D eigenvalue weighted by molar-refractivity contribution is -0.137. The summed E-state index contributed by atoms with van der Waals surface area (Å²) in [6, 6.07) is 2.81. The molecule has 1 rings (SSSR count). The van der Waals surface area contributed by atoms with Crippen molar-refractivity contribution in [2.45, 2.75) is 25.3 Å². The highest BCUT2D eigenvalue weighted by molar-refractivity contribution is 5.79. The minimum absolute atomic E-state index is 0.214. The molecule has 1 aromatic rings. The number of rotatable bonds is 3. The van der Waals surface area contributed by atoms with Crippen LogP contribution in [0.5, 0.6) is 0 Å². The fourth-order valence-corrected chi connectivity index (χ4v) is 1.49. The zero-order valence-electron chi connectivity index (χ0n) is 9.40. The van der Waals surface area contributed by atoms with Crippen molar-refractivity contribution in [2.75, 3.05) is 0 Å². The van der Waals surface area contributed by atoms with E-state index in [1.807, 2.05) is 0 Å². The Balaban J connectivity index is 3.18. The van der Waals surface area contributed by atoms with E-state index >= 15 is 0 Å². The standard InChI is InChI=1S/C11H12F3NO3/c1-5-2-6(8(16)9(17)10(15)18)4-7(3-5)11(12,13)14/h2-4,8-9,16-17H,1H3,(H2,15,18). The molecule has 18 heavy (non-hydrogen) atoms. The van der Waals surface area contributed by atoms with Crippen LogP contribution in [-0.4, -0.2) is 22.2 Å². The number of primary amides is 1. The fraction of sp³-hybridized carbons (Fsp3) is 0.364. The Kier molecular flexibility index (Phi) is 3.98. The quantitative estimate of drug-likeness (QED) is 0.757. The summed E-state index contributed by atoms with van der Waals surface area (Å²) < 4.78 is 37.6. The molecule has 100 valence electrons. The van der Waals surface area contributed by atoms with E-state index in [1.54, 1.807) is 0 Å². The number of amides is 1. The molecule has 0 aromatic heterocycles. The maximum absolute atomic E-state index is 12.5. The molecule has 0 saturated carbocycles. The van der Waals surface area contributed by atoms with Crippen LogP contribution in [0.4, 0.5) is 13.2 Å². The van der Waals surface area contributed by atoms with Gasteiger partial charge in [0.05, 0.1) is 5.56 Å². The zero-order chi connectivity index (χ0) is 14.1. The van der Waals surface area contributed by atoms with Crippen LogP contribution in [-0.2, 0) is 11.0 Å². The van der Waals surface area contributed by atoms with Crippen molar-refractivity contribution < 1.29 is 28.2 Å². The highest BCUT2D eigenvalue weighted by Crippen LogP contribution is 2.32. The molecule has 0 bridgehead atoms. The summed E-state index contributed by atoms with van der Waals surface area (Å²) in [5.74, 6) is -1.21. The summed E-state index contributed by atoms with van der Waals surface area (Å²) in [6.07, 6.45) is -8.31. The van der Waals surface area contributed by atoms with Crippen LogP contribution in [0, 0.1) is 6.92 Å². The second-order valence-corrected chi connectivity index (χ2v) is 3.92. The molecule has 2 unspecified atom stereocenters. The number of nitrogens with two attached hydrogens (primary N) is 1. The molecule has 1 amide bonds. The zero-order valence-corrected chi connectivity index (χ0v) is 9.40. The Morgan fingerprint density at radius 1 is 1.28 bits per heavy atom. The third-order valence-corrected chi connectivity index (χ3v) is 2.36. The van der Waals surface area contributed by atoms with Gasteiger partial charge in [-0.2, -0.15) is 13.2 Å². The van der Waals surface area contributed by atoms with Gasteiger partial charge in [0.1, 0.15) is 6.10 Å². The molecule has 2 atom stereocenters. The van der Waals surface area contributed by atoms with Crippen LogP contribution in [0.15, 0.2) is 18.2 Å². The van der Waals surface area contributed by atoms with Crippen molar-refractivity contribution in [1.82, 2.24) is 0 Å². The van der Waals surface area contributed by atoms with Gasteiger partial charge in [0.15, 0.2) is 6.10 Å². The van der Waals surface area contributed by atoms with E-state index < -0.39 is 29.9 Å². The van der Waals surface area contributed by atoms with Gasteiger partial charge in [-0.3, -0.25) is 4.79 Å². The van der Waals surface area contributed by atoms with Crippen molar-refractivity contribution in [3.63, 3.8) is 0 Å². The van der Waals surface area contributed by atoms with Crippen LogP contribution in [0.2, 0.25) is 0 Å². The summed E-state index contributed by atoms with van der Waals surface area (Å²) in [6.45, 7) is 1.40. The lowest BCUT2D eigenvalue weighted by Gasteiger charge is -2.17. The van der Waals surface area contributed by atoms with Crippen LogP contribution in [0.3, 0.4) is 0 Å². The highest BCUT2D eigenvalue weighted by Gasteiger charge is 2.32. The molecule has 4 nitrogen and oxygen atoms in total. The summed E-state index contributed by atoms with van der Waals surface area (Å²) in [4.78, 5) is 10.7. The molecule has 0 saturated heterocycles. The van der Waals surface area contributed by atoms with E-state index in [4.69, 9.17) is 5.73 Å². The molecule has 0 fully saturated rings. The van der Waals surface area contributed by atoms with Crippen molar-refractivity contribution in [1.29, 1.82) is 0 Å². The topological polar surface area (TPSA) is 83.6 Å². The average molecular weight is 263 g/mol. The van der Waals surface area contributed by atoms with E-state index in [0.717, 1.165) is 6.07 Å². The number of benzene rings is 1. The second-order valence-electron chi connectivity index (χ2n) is 3.92. The van der Waals surface area contributed by atoms with Gasteiger partial charge in [-0.05, 0) is 24.6 Å². The number of carbonyl (C=O) groups is 1. The highest BCUT2D eigenvalue weighted by atomic mass is 19.4. The molecule has 0 radical (unpaired) electrons. The Morgan fingerprint density at radius 3 is 2.28 bits per heavy atom. The molecular formula is C11H12F3NO3. The van der Waals surface area contributed by atoms with Gasteiger partial charge in [-0.15, -0.1) is 0 Å². The molecule has 0 aliphatic heterocycles. The van der Waals surface area contributed by atoms with Crippen LogP contribution in [0.25, 0.3) is 0 Å². The van der Waals surface area contributed by atoms with E-state index in [0.29, 0.717) is 6.07 Å². The Morgan fingerprint density at radius 2 is 1.83 bits per heavy atom. The van der Waals surface area contributed by atoms with Crippen molar-refractivity contribution in [3.8, 4) is 0 Å². The Bertz CT molecular complexity index is 459. The lowest BCUT2D eigenvalue weighted by Crippen LogP contribution is -2.34. The maximum Gasteiger partial charge on any atom is 0.416 e. The molecule has 0 aliphatic rings. The SMILES string of the molecule is Cc1cc(C(O)C(O)C(N)=O)cc(C(F)(F)F)c1. The number of aliphatic hydroxyl groups is 2. The van der Waals surface area contributed by atoms with Gasteiger partial charge < -0.3 is 15.9 Å². The lowest BCUT2D eigenvalue weighted by atomic mass is 9.99. The van der Waals surface area contributed by atoms with Crippen molar-refractivity contribution >= 4 is 5.91 Å². The third-order valence-electron chi connectivity index (χ3n) is 2.36. The second kappa shape index (κ2) is 4.95. The van der Waals surface area contributed by atoms with E-state index in [2.05, 4.69) is 0 Å². The Labute approximate surface area is 101 Å². The minimum atomic E-state index is -4.57. The van der Waals surface area contributed by atoms with Crippen LogP contribution < -0.4 is 5.73 Å². The first-order valence-corrected chi connectivity index (χ1v) is 4.97. The normalized spacial score (nSPS) is 15.2. The molecular weight excluding hydrogens is 251 g/mol. The molecule has 4 N–H and O–H groups in total. The number of halogens is 3.